The summed E-state index contributed by atoms with van der Waals surface area (Å²) in [6.45, 7) is 6.69. The zero-order chi connectivity index (χ0) is 19.2. The highest BCUT2D eigenvalue weighted by Gasteiger charge is 2.38. The van der Waals surface area contributed by atoms with Crippen molar-refractivity contribution < 1.29 is 14.0 Å². The Hall–Kier alpha value is -2.37. The summed E-state index contributed by atoms with van der Waals surface area (Å²) in [7, 11) is 0. The van der Waals surface area contributed by atoms with Gasteiger partial charge in [0.15, 0.2) is 5.58 Å². The lowest BCUT2D eigenvalue weighted by atomic mass is 9.97. The minimum atomic E-state index is -0.281. The summed E-state index contributed by atoms with van der Waals surface area (Å²) in [6, 6.07) is 5.82. The summed E-state index contributed by atoms with van der Waals surface area (Å²) in [5, 5.41) is 2.96. The van der Waals surface area contributed by atoms with E-state index in [1.165, 1.54) is 12.8 Å². The third kappa shape index (κ3) is 3.57. The van der Waals surface area contributed by atoms with E-state index in [9.17, 15) is 9.59 Å². The molecule has 1 aromatic carbocycles. The molecule has 1 unspecified atom stereocenters. The van der Waals surface area contributed by atoms with Crippen molar-refractivity contribution in [3.8, 4) is 0 Å². The van der Waals surface area contributed by atoms with Crippen LogP contribution in [0.2, 0.25) is 0 Å². The lowest BCUT2D eigenvalue weighted by molar-refractivity contribution is -0.129. The molecule has 2 aromatic rings. The van der Waals surface area contributed by atoms with Gasteiger partial charge < -0.3 is 14.6 Å². The number of benzene rings is 1. The van der Waals surface area contributed by atoms with Gasteiger partial charge in [0.05, 0.1) is 5.92 Å². The molecule has 27 heavy (non-hydrogen) atoms. The van der Waals surface area contributed by atoms with Gasteiger partial charge in [0.2, 0.25) is 17.7 Å². The minimum absolute atomic E-state index is 0.0947. The summed E-state index contributed by atoms with van der Waals surface area (Å²) in [4.78, 5) is 31.5. The molecule has 1 saturated carbocycles. The van der Waals surface area contributed by atoms with Crippen LogP contribution in [0.3, 0.4) is 0 Å². The first kappa shape index (κ1) is 18.0. The highest BCUT2D eigenvalue weighted by molar-refractivity contribution is 5.98. The van der Waals surface area contributed by atoms with E-state index >= 15 is 0 Å². The van der Waals surface area contributed by atoms with Crippen LogP contribution in [-0.4, -0.2) is 34.3 Å². The van der Waals surface area contributed by atoms with Gasteiger partial charge in [-0.3, -0.25) is 9.59 Å². The molecule has 0 spiro atoms. The van der Waals surface area contributed by atoms with Gasteiger partial charge in [-0.2, -0.15) is 0 Å². The van der Waals surface area contributed by atoms with Crippen LogP contribution in [0.15, 0.2) is 22.6 Å². The fraction of sp³-hybridized carbons (Fsp3) is 0.571. The van der Waals surface area contributed by atoms with E-state index in [2.05, 4.69) is 10.3 Å². The Morgan fingerprint density at radius 1 is 1.26 bits per heavy atom. The molecular weight excluding hydrogens is 342 g/mol. The van der Waals surface area contributed by atoms with Crippen molar-refractivity contribution >= 4 is 28.6 Å². The van der Waals surface area contributed by atoms with Crippen LogP contribution in [0, 0.1) is 5.92 Å². The quantitative estimate of drug-likeness (QED) is 0.891. The average molecular weight is 369 g/mol. The van der Waals surface area contributed by atoms with E-state index < -0.39 is 0 Å². The number of hydrogen-bond donors (Lipinski definition) is 1. The minimum Gasteiger partial charge on any atom is -0.440 e. The predicted molar refractivity (Wildman–Crippen MR) is 103 cm³/mol. The number of aromatic nitrogens is 1. The van der Waals surface area contributed by atoms with Crippen molar-refractivity contribution in [1.29, 1.82) is 0 Å². The number of fused-ring (bicyclic) bond motifs is 1. The summed E-state index contributed by atoms with van der Waals surface area (Å²) in [6.07, 6.45) is 4.81. The Balaban J connectivity index is 1.45. The molecule has 1 N–H and O–H groups in total. The third-order valence-corrected chi connectivity index (χ3v) is 5.59. The molecule has 1 aromatic heterocycles. The first-order chi connectivity index (χ1) is 12.8. The second kappa shape index (κ2) is 6.66. The molecule has 2 amide bonds. The van der Waals surface area contributed by atoms with E-state index in [0.29, 0.717) is 36.2 Å². The zero-order valence-corrected chi connectivity index (χ0v) is 16.2. The van der Waals surface area contributed by atoms with E-state index in [1.807, 2.05) is 43.9 Å². The number of hydrogen-bond acceptors (Lipinski definition) is 4. The number of rotatable bonds is 3. The first-order valence-electron chi connectivity index (χ1n) is 9.82. The number of carbonyl (C=O) groups is 2. The average Bonchev–Trinajstić information content (AvgIpc) is 3.32. The molecule has 1 atom stereocenters. The number of anilines is 1. The van der Waals surface area contributed by atoms with Crippen molar-refractivity contribution in [3.63, 3.8) is 0 Å². The maximum absolute atomic E-state index is 12.7. The zero-order valence-electron chi connectivity index (χ0n) is 16.2. The molecule has 2 fully saturated rings. The van der Waals surface area contributed by atoms with Crippen LogP contribution in [0.1, 0.15) is 58.8 Å². The van der Waals surface area contributed by atoms with Crippen LogP contribution in [0.25, 0.3) is 11.1 Å². The normalized spacial score (nSPS) is 21.4. The SMILES string of the molecule is CC(C)(C)c1nc2cc(NC(=O)C3CC(=O)N(C4CCCC4)C3)ccc2o1. The molecule has 1 saturated heterocycles. The van der Waals surface area contributed by atoms with Crippen LogP contribution in [0.5, 0.6) is 0 Å². The lowest BCUT2D eigenvalue weighted by Gasteiger charge is -2.23. The van der Waals surface area contributed by atoms with Crippen molar-refractivity contribution in [2.75, 3.05) is 11.9 Å². The van der Waals surface area contributed by atoms with Crippen molar-refractivity contribution in [2.45, 2.75) is 64.3 Å². The topological polar surface area (TPSA) is 75.4 Å². The van der Waals surface area contributed by atoms with E-state index in [0.717, 1.165) is 18.4 Å². The van der Waals surface area contributed by atoms with Crippen molar-refractivity contribution in [2.24, 2.45) is 5.92 Å². The van der Waals surface area contributed by atoms with Gasteiger partial charge in [0, 0.05) is 30.1 Å². The fourth-order valence-electron chi connectivity index (χ4n) is 4.05. The van der Waals surface area contributed by atoms with Gasteiger partial charge in [-0.15, -0.1) is 0 Å². The van der Waals surface area contributed by atoms with Crippen LogP contribution in [-0.2, 0) is 15.0 Å². The molecule has 0 bridgehead atoms. The van der Waals surface area contributed by atoms with E-state index in [4.69, 9.17) is 4.42 Å². The highest BCUT2D eigenvalue weighted by Crippen LogP contribution is 2.31. The molecule has 1 aliphatic heterocycles. The molecule has 2 aliphatic rings. The van der Waals surface area contributed by atoms with Gasteiger partial charge in [0.25, 0.3) is 0 Å². The van der Waals surface area contributed by atoms with Crippen molar-refractivity contribution in [1.82, 2.24) is 9.88 Å². The first-order valence-corrected chi connectivity index (χ1v) is 9.82. The Morgan fingerprint density at radius 3 is 2.70 bits per heavy atom. The summed E-state index contributed by atoms with van der Waals surface area (Å²) >= 11 is 0. The summed E-state index contributed by atoms with van der Waals surface area (Å²) < 4.78 is 5.80. The largest absolute Gasteiger partial charge is 0.440 e. The Kier molecular flexibility index (Phi) is 4.44. The maximum atomic E-state index is 12.7. The molecule has 1 aliphatic carbocycles. The van der Waals surface area contributed by atoms with E-state index in [1.54, 1.807) is 0 Å². The number of oxazole rings is 1. The summed E-state index contributed by atoms with van der Waals surface area (Å²) in [5.41, 5.74) is 1.96. The number of nitrogens with zero attached hydrogens (tertiary/aromatic N) is 2. The lowest BCUT2D eigenvalue weighted by Crippen LogP contribution is -2.35. The molecule has 4 rings (SSSR count). The Morgan fingerprint density at radius 2 is 2.00 bits per heavy atom. The molecule has 144 valence electrons. The number of likely N-dealkylation sites (tertiary alicyclic amines) is 1. The van der Waals surface area contributed by atoms with Gasteiger partial charge in [-0.1, -0.05) is 33.6 Å². The van der Waals surface area contributed by atoms with Crippen molar-refractivity contribution in [3.05, 3.63) is 24.1 Å². The standard InChI is InChI=1S/C21H27N3O3/c1-21(2,3)20-23-16-11-14(8-9-17(16)27-20)22-19(26)13-10-18(25)24(12-13)15-6-4-5-7-15/h8-9,11,13,15H,4-7,10,12H2,1-3H3,(H,22,26). The summed E-state index contributed by atoms with van der Waals surface area (Å²) in [5.74, 6) is 0.414. The molecule has 6 nitrogen and oxygen atoms in total. The maximum Gasteiger partial charge on any atom is 0.229 e. The Bertz CT molecular complexity index is 874. The van der Waals surface area contributed by atoms with Gasteiger partial charge in [0.1, 0.15) is 5.52 Å². The molecule has 0 radical (unpaired) electrons. The monoisotopic (exact) mass is 369 g/mol. The second-order valence-corrected chi connectivity index (χ2v) is 8.83. The van der Waals surface area contributed by atoms with Crippen LogP contribution in [0.4, 0.5) is 5.69 Å². The number of carbonyl (C=O) groups excluding carboxylic acids is 2. The van der Waals surface area contributed by atoms with Crippen LogP contribution < -0.4 is 5.32 Å². The fourth-order valence-corrected chi connectivity index (χ4v) is 4.05. The number of amides is 2. The highest BCUT2D eigenvalue weighted by atomic mass is 16.3. The molecule has 6 heteroatoms. The van der Waals surface area contributed by atoms with Gasteiger partial charge >= 0.3 is 0 Å². The van der Waals surface area contributed by atoms with Gasteiger partial charge in [-0.25, -0.2) is 4.98 Å². The number of nitrogens with one attached hydrogen (secondary N) is 1. The van der Waals surface area contributed by atoms with Gasteiger partial charge in [-0.05, 0) is 31.0 Å². The van der Waals surface area contributed by atoms with Crippen LogP contribution >= 0.6 is 0 Å². The smallest absolute Gasteiger partial charge is 0.229 e. The molecule has 2 heterocycles. The molecular formula is C21H27N3O3. The van der Waals surface area contributed by atoms with E-state index in [-0.39, 0.29) is 23.1 Å². The predicted octanol–water partition coefficient (Wildman–Crippen LogP) is 3.85. The second-order valence-electron chi connectivity index (χ2n) is 8.83. The third-order valence-electron chi connectivity index (χ3n) is 5.59. The Labute approximate surface area is 159 Å².